The van der Waals surface area contributed by atoms with Gasteiger partial charge < -0.3 is 14.2 Å². The molecule has 0 radical (unpaired) electrons. The Morgan fingerprint density at radius 1 is 1.28 bits per heavy atom. The van der Waals surface area contributed by atoms with Crippen molar-refractivity contribution in [2.24, 2.45) is 0 Å². The molecule has 0 bridgehead atoms. The van der Waals surface area contributed by atoms with E-state index in [9.17, 15) is 9.59 Å². The van der Waals surface area contributed by atoms with Crippen LogP contribution in [0.3, 0.4) is 0 Å². The molecule has 0 spiro atoms. The van der Waals surface area contributed by atoms with E-state index in [0.717, 1.165) is 0 Å². The van der Waals surface area contributed by atoms with Gasteiger partial charge in [-0.25, -0.2) is 9.59 Å². The molecule has 0 heterocycles. The molecule has 0 aliphatic rings. The summed E-state index contributed by atoms with van der Waals surface area (Å²) < 4.78 is 15.1. The minimum Gasteiger partial charge on any atom is -0.464 e. The number of carbonyl (C=O) groups is 2. The number of rotatable bonds is 5. The van der Waals surface area contributed by atoms with Gasteiger partial charge in [0.05, 0.1) is 6.61 Å². The highest BCUT2D eigenvalue weighted by Crippen LogP contribution is 2.11. The van der Waals surface area contributed by atoms with Crippen molar-refractivity contribution in [3.63, 3.8) is 0 Å². The summed E-state index contributed by atoms with van der Waals surface area (Å²) in [5.74, 6) is -0.457. The first-order valence-corrected chi connectivity index (χ1v) is 5.90. The maximum Gasteiger partial charge on any atom is 0.412 e. The van der Waals surface area contributed by atoms with Crippen molar-refractivity contribution in [1.29, 1.82) is 0 Å². The second kappa shape index (κ2) is 7.20. The van der Waals surface area contributed by atoms with Gasteiger partial charge in [0.15, 0.2) is 0 Å². The second-order valence-corrected chi connectivity index (χ2v) is 4.81. The minimum absolute atomic E-state index is 0.192. The van der Waals surface area contributed by atoms with Crippen LogP contribution in [0.1, 0.15) is 34.6 Å². The Morgan fingerprint density at radius 2 is 1.83 bits per heavy atom. The lowest BCUT2D eigenvalue weighted by molar-refractivity contribution is -0.153. The Balaban J connectivity index is 4.13. The van der Waals surface area contributed by atoms with Crippen LogP contribution in [-0.4, -0.2) is 49.1 Å². The van der Waals surface area contributed by atoms with E-state index in [1.807, 2.05) is 0 Å². The van der Waals surface area contributed by atoms with Crippen LogP contribution in [0.4, 0.5) is 4.79 Å². The van der Waals surface area contributed by atoms with Crippen LogP contribution in [0.15, 0.2) is 0 Å². The Labute approximate surface area is 108 Å². The first-order chi connectivity index (χ1) is 8.17. The molecule has 106 valence electrons. The highest BCUT2D eigenvalue weighted by atomic mass is 16.6. The van der Waals surface area contributed by atoms with E-state index >= 15 is 0 Å². The summed E-state index contributed by atoms with van der Waals surface area (Å²) in [6.07, 6.45) is -1.07. The van der Waals surface area contributed by atoms with Crippen molar-refractivity contribution in [3.8, 4) is 0 Å². The van der Waals surface area contributed by atoms with Crippen LogP contribution in [0.5, 0.6) is 0 Å². The molecule has 1 atom stereocenters. The average Bonchev–Trinajstić information content (AvgIpc) is 2.22. The molecule has 0 aromatic heterocycles. The van der Waals surface area contributed by atoms with Crippen molar-refractivity contribution in [3.05, 3.63) is 0 Å². The quantitative estimate of drug-likeness (QED) is 0.557. The molecule has 0 saturated heterocycles. The van der Waals surface area contributed by atoms with Crippen LogP contribution in [0, 0.1) is 0 Å². The SMILES string of the molecule is CCOC(=O)COC(C)N(C)C(=O)OC(C)(C)C. The number of hydrogen-bond acceptors (Lipinski definition) is 5. The molecule has 6 heteroatoms. The number of ether oxygens (including phenoxy) is 3. The number of nitrogens with zero attached hydrogens (tertiary/aromatic N) is 1. The van der Waals surface area contributed by atoms with Crippen LogP contribution in [-0.2, 0) is 19.0 Å². The predicted molar refractivity (Wildman–Crippen MR) is 66.0 cm³/mol. The third-order valence-electron chi connectivity index (χ3n) is 1.97. The molecule has 0 aromatic rings. The molecule has 0 N–H and O–H groups in total. The van der Waals surface area contributed by atoms with Crippen molar-refractivity contribution in [2.75, 3.05) is 20.3 Å². The highest BCUT2D eigenvalue weighted by Gasteiger charge is 2.23. The van der Waals surface area contributed by atoms with Crippen LogP contribution >= 0.6 is 0 Å². The number of hydrogen-bond donors (Lipinski definition) is 0. The molecule has 0 fully saturated rings. The summed E-state index contributed by atoms with van der Waals surface area (Å²) >= 11 is 0. The Bertz CT molecular complexity index is 285. The summed E-state index contributed by atoms with van der Waals surface area (Å²) in [4.78, 5) is 24.0. The lowest BCUT2D eigenvalue weighted by atomic mass is 10.2. The van der Waals surface area contributed by atoms with E-state index in [1.165, 1.54) is 4.90 Å². The zero-order valence-electron chi connectivity index (χ0n) is 12.0. The van der Waals surface area contributed by atoms with E-state index in [0.29, 0.717) is 6.61 Å². The second-order valence-electron chi connectivity index (χ2n) is 4.81. The molecular weight excluding hydrogens is 238 g/mol. The maximum absolute atomic E-state index is 11.7. The van der Waals surface area contributed by atoms with Gasteiger partial charge in [-0.15, -0.1) is 0 Å². The van der Waals surface area contributed by atoms with E-state index in [4.69, 9.17) is 14.2 Å². The summed E-state index contributed by atoms with van der Waals surface area (Å²) in [6.45, 7) is 8.83. The third kappa shape index (κ3) is 7.11. The lowest BCUT2D eigenvalue weighted by Crippen LogP contribution is -2.41. The van der Waals surface area contributed by atoms with Crippen LogP contribution in [0.25, 0.3) is 0 Å². The van der Waals surface area contributed by atoms with E-state index in [1.54, 1.807) is 41.7 Å². The van der Waals surface area contributed by atoms with E-state index < -0.39 is 23.9 Å². The zero-order valence-corrected chi connectivity index (χ0v) is 12.0. The van der Waals surface area contributed by atoms with Gasteiger partial charge >= 0.3 is 12.1 Å². The Morgan fingerprint density at radius 3 is 2.28 bits per heavy atom. The molecular formula is C12H23NO5. The van der Waals surface area contributed by atoms with Gasteiger partial charge in [-0.05, 0) is 34.6 Å². The van der Waals surface area contributed by atoms with Crippen molar-refractivity contribution < 1.29 is 23.8 Å². The molecule has 1 unspecified atom stereocenters. The molecule has 0 saturated carbocycles. The first kappa shape index (κ1) is 16.7. The van der Waals surface area contributed by atoms with Gasteiger partial charge in [0.2, 0.25) is 0 Å². The smallest absolute Gasteiger partial charge is 0.412 e. The van der Waals surface area contributed by atoms with Gasteiger partial charge in [0.1, 0.15) is 18.4 Å². The van der Waals surface area contributed by atoms with Gasteiger partial charge in [-0.3, -0.25) is 4.90 Å². The zero-order chi connectivity index (χ0) is 14.3. The van der Waals surface area contributed by atoms with Crippen molar-refractivity contribution in [1.82, 2.24) is 4.90 Å². The molecule has 0 aromatic carbocycles. The maximum atomic E-state index is 11.7. The van der Waals surface area contributed by atoms with E-state index in [-0.39, 0.29) is 6.61 Å². The number of amides is 1. The molecule has 18 heavy (non-hydrogen) atoms. The minimum atomic E-state index is -0.566. The van der Waals surface area contributed by atoms with Gasteiger partial charge in [-0.1, -0.05) is 0 Å². The molecule has 0 aliphatic carbocycles. The summed E-state index contributed by atoms with van der Waals surface area (Å²) in [5.41, 5.74) is -0.563. The lowest BCUT2D eigenvalue weighted by Gasteiger charge is -2.28. The van der Waals surface area contributed by atoms with Gasteiger partial charge in [-0.2, -0.15) is 0 Å². The normalized spacial score (nSPS) is 12.8. The fourth-order valence-corrected chi connectivity index (χ4v) is 0.985. The standard InChI is InChI=1S/C12H23NO5/c1-7-16-10(14)8-17-9(2)13(6)11(15)18-12(3,4)5/h9H,7-8H2,1-6H3. The average molecular weight is 261 g/mol. The largest absolute Gasteiger partial charge is 0.464 e. The van der Waals surface area contributed by atoms with Crippen LogP contribution in [0.2, 0.25) is 0 Å². The highest BCUT2D eigenvalue weighted by molar-refractivity contribution is 5.71. The fourth-order valence-electron chi connectivity index (χ4n) is 0.985. The number of esters is 1. The Kier molecular flexibility index (Phi) is 6.68. The molecule has 1 amide bonds. The molecule has 0 aliphatic heterocycles. The molecule has 0 rings (SSSR count). The Hall–Kier alpha value is -1.30. The van der Waals surface area contributed by atoms with Gasteiger partial charge in [0, 0.05) is 7.05 Å². The number of carbonyl (C=O) groups excluding carboxylic acids is 2. The monoisotopic (exact) mass is 261 g/mol. The molecule has 6 nitrogen and oxygen atoms in total. The fraction of sp³-hybridized carbons (Fsp3) is 0.833. The summed E-state index contributed by atoms with van der Waals surface area (Å²) in [6, 6.07) is 0. The predicted octanol–water partition coefficient (Wildman–Crippen LogP) is 1.78. The third-order valence-corrected chi connectivity index (χ3v) is 1.97. The van der Waals surface area contributed by atoms with Crippen LogP contribution < -0.4 is 0 Å². The summed E-state index contributed by atoms with van der Waals surface area (Å²) in [5, 5.41) is 0. The van der Waals surface area contributed by atoms with Crippen molar-refractivity contribution >= 4 is 12.1 Å². The topological polar surface area (TPSA) is 65.1 Å². The first-order valence-electron chi connectivity index (χ1n) is 5.90. The summed E-state index contributed by atoms with van der Waals surface area (Å²) in [7, 11) is 1.55. The van der Waals surface area contributed by atoms with E-state index in [2.05, 4.69) is 0 Å². The van der Waals surface area contributed by atoms with Crippen molar-refractivity contribution in [2.45, 2.75) is 46.4 Å². The van der Waals surface area contributed by atoms with Gasteiger partial charge in [0.25, 0.3) is 0 Å².